The quantitative estimate of drug-likeness (QED) is 0.877. The van der Waals surface area contributed by atoms with Crippen molar-refractivity contribution in [2.75, 3.05) is 12.3 Å². The second kappa shape index (κ2) is 5.65. The van der Waals surface area contributed by atoms with Crippen LogP contribution in [-0.2, 0) is 9.84 Å². The molecule has 0 aromatic heterocycles. The van der Waals surface area contributed by atoms with E-state index in [2.05, 4.69) is 13.8 Å². The maximum Gasteiger partial charge on any atom is 0.178 e. The fourth-order valence-electron chi connectivity index (χ4n) is 1.69. The molecule has 0 spiro atoms. The van der Waals surface area contributed by atoms with E-state index in [1.54, 1.807) is 6.07 Å². The summed E-state index contributed by atoms with van der Waals surface area (Å²) in [5.74, 6) is 0.463. The fourth-order valence-corrected chi connectivity index (χ4v) is 3.34. The molecule has 0 aliphatic heterocycles. The van der Waals surface area contributed by atoms with Crippen LogP contribution in [0.2, 0.25) is 0 Å². The summed E-state index contributed by atoms with van der Waals surface area (Å²) < 4.78 is 24.3. The molecule has 4 heteroatoms. The molecule has 0 heterocycles. The number of hydrogen-bond acceptors (Lipinski definition) is 3. The predicted octanol–water partition coefficient (Wildman–Crippen LogP) is 2.24. The lowest BCUT2D eigenvalue weighted by atomic mass is 10.0. The van der Waals surface area contributed by atoms with Gasteiger partial charge in [0.1, 0.15) is 0 Å². The van der Waals surface area contributed by atoms with Crippen molar-refractivity contribution in [3.8, 4) is 0 Å². The minimum Gasteiger partial charge on any atom is -0.330 e. The molecular formula is C13H21NO2S. The van der Waals surface area contributed by atoms with Crippen molar-refractivity contribution in [2.45, 2.75) is 38.0 Å². The molecule has 0 radical (unpaired) electrons. The SMILES string of the molecule is Cc1ccc(C(C)C)cc1S(=O)(=O)CCCN. The highest BCUT2D eigenvalue weighted by Crippen LogP contribution is 2.23. The molecule has 1 rings (SSSR count). The maximum atomic E-state index is 12.1. The molecule has 96 valence electrons. The van der Waals surface area contributed by atoms with E-state index >= 15 is 0 Å². The second-order valence-electron chi connectivity index (χ2n) is 4.64. The van der Waals surface area contributed by atoms with E-state index in [0.29, 0.717) is 23.8 Å². The number of nitrogens with two attached hydrogens (primary N) is 1. The van der Waals surface area contributed by atoms with Crippen molar-refractivity contribution < 1.29 is 8.42 Å². The number of aryl methyl sites for hydroxylation is 1. The molecule has 0 saturated heterocycles. The van der Waals surface area contributed by atoms with Gasteiger partial charge in [-0.3, -0.25) is 0 Å². The van der Waals surface area contributed by atoms with Crippen molar-refractivity contribution in [2.24, 2.45) is 5.73 Å². The fraction of sp³-hybridized carbons (Fsp3) is 0.538. The first-order valence-corrected chi connectivity index (χ1v) is 7.57. The third-order valence-corrected chi connectivity index (χ3v) is 4.77. The zero-order valence-electron chi connectivity index (χ0n) is 10.7. The summed E-state index contributed by atoms with van der Waals surface area (Å²) in [5.41, 5.74) is 7.23. The van der Waals surface area contributed by atoms with Gasteiger partial charge in [-0.05, 0) is 43.0 Å². The molecule has 0 amide bonds. The van der Waals surface area contributed by atoms with Gasteiger partial charge < -0.3 is 5.73 Å². The average Bonchev–Trinajstić information content (AvgIpc) is 2.26. The van der Waals surface area contributed by atoms with E-state index in [0.717, 1.165) is 11.1 Å². The highest BCUT2D eigenvalue weighted by Gasteiger charge is 2.17. The molecule has 0 fully saturated rings. The van der Waals surface area contributed by atoms with Gasteiger partial charge in [-0.15, -0.1) is 0 Å². The lowest BCUT2D eigenvalue weighted by Gasteiger charge is -2.11. The predicted molar refractivity (Wildman–Crippen MR) is 71.0 cm³/mol. The first kappa shape index (κ1) is 14.2. The molecule has 0 saturated carbocycles. The van der Waals surface area contributed by atoms with Crippen LogP contribution in [0.5, 0.6) is 0 Å². The molecule has 3 nitrogen and oxygen atoms in total. The van der Waals surface area contributed by atoms with Crippen molar-refractivity contribution in [3.63, 3.8) is 0 Å². The summed E-state index contributed by atoms with van der Waals surface area (Å²) in [5, 5.41) is 0. The van der Waals surface area contributed by atoms with Crippen molar-refractivity contribution in [3.05, 3.63) is 29.3 Å². The van der Waals surface area contributed by atoms with Crippen LogP contribution in [0.1, 0.15) is 37.3 Å². The Labute approximate surface area is 104 Å². The summed E-state index contributed by atoms with van der Waals surface area (Å²) in [6.07, 6.45) is 0.508. The van der Waals surface area contributed by atoms with E-state index in [-0.39, 0.29) is 5.75 Å². The first-order chi connectivity index (χ1) is 7.88. The van der Waals surface area contributed by atoms with Crippen LogP contribution in [0.15, 0.2) is 23.1 Å². The van der Waals surface area contributed by atoms with Crippen LogP contribution < -0.4 is 5.73 Å². The Morgan fingerprint density at radius 2 is 1.94 bits per heavy atom. The van der Waals surface area contributed by atoms with Crippen molar-refractivity contribution in [1.29, 1.82) is 0 Å². The Bertz CT molecular complexity index is 478. The van der Waals surface area contributed by atoms with Gasteiger partial charge in [0.15, 0.2) is 9.84 Å². The summed E-state index contributed by atoms with van der Waals surface area (Å²) in [4.78, 5) is 0.456. The smallest absolute Gasteiger partial charge is 0.178 e. The molecular weight excluding hydrogens is 234 g/mol. The minimum atomic E-state index is -3.19. The van der Waals surface area contributed by atoms with E-state index in [9.17, 15) is 8.42 Å². The molecule has 0 aliphatic carbocycles. The number of benzene rings is 1. The van der Waals surface area contributed by atoms with Crippen molar-refractivity contribution in [1.82, 2.24) is 0 Å². The van der Waals surface area contributed by atoms with E-state index in [4.69, 9.17) is 5.73 Å². The number of hydrogen-bond donors (Lipinski definition) is 1. The van der Waals surface area contributed by atoms with Gasteiger partial charge >= 0.3 is 0 Å². The van der Waals surface area contributed by atoms with Gasteiger partial charge in [0.25, 0.3) is 0 Å². The molecule has 0 aliphatic rings. The lowest BCUT2D eigenvalue weighted by Crippen LogP contribution is -2.13. The summed E-state index contributed by atoms with van der Waals surface area (Å²) >= 11 is 0. The van der Waals surface area contributed by atoms with Gasteiger partial charge in [0, 0.05) is 0 Å². The topological polar surface area (TPSA) is 60.2 Å². The average molecular weight is 255 g/mol. The van der Waals surface area contributed by atoms with Crippen LogP contribution in [0.4, 0.5) is 0 Å². The van der Waals surface area contributed by atoms with Crippen LogP contribution in [0, 0.1) is 6.92 Å². The van der Waals surface area contributed by atoms with Crippen molar-refractivity contribution >= 4 is 9.84 Å². The Balaban J connectivity index is 3.16. The van der Waals surface area contributed by atoms with Crippen LogP contribution in [-0.4, -0.2) is 20.7 Å². The third kappa shape index (κ3) is 3.54. The van der Waals surface area contributed by atoms with Crippen LogP contribution in [0.25, 0.3) is 0 Å². The summed E-state index contributed by atoms with van der Waals surface area (Å²) in [6.45, 7) is 6.35. The van der Waals surface area contributed by atoms with Crippen LogP contribution >= 0.6 is 0 Å². The summed E-state index contributed by atoms with van der Waals surface area (Å²) in [7, 11) is -3.19. The Morgan fingerprint density at radius 1 is 1.29 bits per heavy atom. The van der Waals surface area contributed by atoms with Gasteiger partial charge in [-0.25, -0.2) is 8.42 Å². The molecule has 1 aromatic carbocycles. The largest absolute Gasteiger partial charge is 0.330 e. The zero-order valence-corrected chi connectivity index (χ0v) is 11.5. The second-order valence-corrected chi connectivity index (χ2v) is 6.72. The Hall–Kier alpha value is -0.870. The highest BCUT2D eigenvalue weighted by molar-refractivity contribution is 7.91. The molecule has 0 atom stereocenters. The lowest BCUT2D eigenvalue weighted by molar-refractivity contribution is 0.592. The number of sulfone groups is 1. The van der Waals surface area contributed by atoms with Gasteiger partial charge in [0.05, 0.1) is 10.6 Å². The molecule has 0 bridgehead atoms. The highest BCUT2D eigenvalue weighted by atomic mass is 32.2. The Kier molecular flexibility index (Phi) is 4.71. The van der Waals surface area contributed by atoms with Crippen LogP contribution in [0.3, 0.4) is 0 Å². The van der Waals surface area contributed by atoms with E-state index in [1.165, 1.54) is 0 Å². The standard InChI is InChI=1S/C13H21NO2S/c1-10(2)12-6-5-11(3)13(9-12)17(15,16)8-4-7-14/h5-6,9-10H,4,7-8,14H2,1-3H3. The maximum absolute atomic E-state index is 12.1. The zero-order chi connectivity index (χ0) is 13.1. The minimum absolute atomic E-state index is 0.131. The molecule has 2 N–H and O–H groups in total. The van der Waals surface area contributed by atoms with E-state index in [1.807, 2.05) is 19.1 Å². The third-order valence-electron chi connectivity index (χ3n) is 2.83. The number of rotatable bonds is 5. The Morgan fingerprint density at radius 3 is 2.47 bits per heavy atom. The normalized spacial score (nSPS) is 12.1. The van der Waals surface area contributed by atoms with Gasteiger partial charge in [-0.2, -0.15) is 0 Å². The monoisotopic (exact) mass is 255 g/mol. The summed E-state index contributed by atoms with van der Waals surface area (Å²) in [6, 6.07) is 5.67. The van der Waals surface area contributed by atoms with Gasteiger partial charge in [0.2, 0.25) is 0 Å². The molecule has 0 unspecified atom stereocenters. The van der Waals surface area contributed by atoms with Gasteiger partial charge in [-0.1, -0.05) is 26.0 Å². The first-order valence-electron chi connectivity index (χ1n) is 5.92. The molecule has 17 heavy (non-hydrogen) atoms. The molecule has 1 aromatic rings. The van der Waals surface area contributed by atoms with E-state index < -0.39 is 9.84 Å².